The van der Waals surface area contributed by atoms with E-state index in [0.29, 0.717) is 12.1 Å². The molecule has 1 saturated carbocycles. The van der Waals surface area contributed by atoms with Crippen molar-refractivity contribution >= 4 is 17.3 Å². The molecule has 106 valence electrons. The largest absolute Gasteiger partial charge is 0.380 e. The lowest BCUT2D eigenvalue weighted by Crippen LogP contribution is -2.59. The average molecular weight is 282 g/mol. The van der Waals surface area contributed by atoms with E-state index in [1.165, 1.54) is 5.56 Å². The third kappa shape index (κ3) is 2.75. The summed E-state index contributed by atoms with van der Waals surface area (Å²) < 4.78 is 5.83. The second-order valence-corrected chi connectivity index (χ2v) is 6.13. The molecule has 2 rings (SSSR count). The van der Waals surface area contributed by atoms with E-state index in [2.05, 4.69) is 39.1 Å². The Kier molecular flexibility index (Phi) is 4.42. The predicted molar refractivity (Wildman–Crippen MR) is 82.0 cm³/mol. The van der Waals surface area contributed by atoms with Gasteiger partial charge >= 0.3 is 0 Å². The molecule has 1 aromatic carbocycles. The molecule has 1 fully saturated rings. The minimum absolute atomic E-state index is 0.198. The molecule has 1 N–H and O–H groups in total. The van der Waals surface area contributed by atoms with Crippen molar-refractivity contribution in [2.24, 2.45) is 5.41 Å². The van der Waals surface area contributed by atoms with Gasteiger partial charge in [0.25, 0.3) is 0 Å². The monoisotopic (exact) mass is 281 g/mol. The fourth-order valence-electron chi connectivity index (χ4n) is 2.91. The molecule has 19 heavy (non-hydrogen) atoms. The zero-order valence-corrected chi connectivity index (χ0v) is 13.1. The lowest BCUT2D eigenvalue weighted by Gasteiger charge is -2.54. The molecule has 1 aliphatic rings. The molecular formula is C16H24ClNO. The zero-order chi connectivity index (χ0) is 14.0. The van der Waals surface area contributed by atoms with Crippen molar-refractivity contribution in [1.29, 1.82) is 0 Å². The van der Waals surface area contributed by atoms with E-state index in [-0.39, 0.29) is 5.41 Å². The number of aryl methyl sites for hydroxylation is 1. The van der Waals surface area contributed by atoms with Gasteiger partial charge in [0.15, 0.2) is 0 Å². The molecule has 3 atom stereocenters. The highest BCUT2D eigenvalue weighted by molar-refractivity contribution is 6.33. The maximum absolute atomic E-state index is 6.26. The molecule has 2 nitrogen and oxygen atoms in total. The second kappa shape index (κ2) is 5.72. The minimum atomic E-state index is 0.198. The van der Waals surface area contributed by atoms with E-state index in [1.54, 1.807) is 0 Å². The van der Waals surface area contributed by atoms with Crippen molar-refractivity contribution in [3.63, 3.8) is 0 Å². The molecular weight excluding hydrogens is 258 g/mol. The van der Waals surface area contributed by atoms with Gasteiger partial charge in [-0.2, -0.15) is 0 Å². The van der Waals surface area contributed by atoms with Crippen molar-refractivity contribution in [3.05, 3.63) is 28.8 Å². The molecule has 3 heteroatoms. The van der Waals surface area contributed by atoms with Crippen LogP contribution < -0.4 is 5.32 Å². The summed E-state index contributed by atoms with van der Waals surface area (Å²) in [6, 6.07) is 6.55. The predicted octanol–water partition coefficient (Wildman–Crippen LogP) is 4.65. The first kappa shape index (κ1) is 14.7. The van der Waals surface area contributed by atoms with Gasteiger partial charge in [-0.25, -0.2) is 0 Å². The van der Waals surface area contributed by atoms with Crippen molar-refractivity contribution in [1.82, 2.24) is 0 Å². The van der Waals surface area contributed by atoms with Crippen LogP contribution in [0.3, 0.4) is 0 Å². The SMILES string of the molecule is CCOC1CC(Nc2cc(C)ccc2Cl)C1(C)CC. The van der Waals surface area contributed by atoms with Crippen LogP contribution in [0.25, 0.3) is 0 Å². The van der Waals surface area contributed by atoms with Crippen LogP contribution >= 0.6 is 11.6 Å². The summed E-state index contributed by atoms with van der Waals surface area (Å²) in [6.07, 6.45) is 2.53. The molecule has 0 bridgehead atoms. The molecule has 1 aliphatic carbocycles. The average Bonchev–Trinajstić information content (AvgIpc) is 2.40. The first-order valence-corrected chi connectivity index (χ1v) is 7.53. The van der Waals surface area contributed by atoms with Gasteiger partial charge in [0.1, 0.15) is 0 Å². The van der Waals surface area contributed by atoms with Gasteiger partial charge < -0.3 is 10.1 Å². The third-order valence-electron chi connectivity index (χ3n) is 4.56. The Morgan fingerprint density at radius 1 is 1.42 bits per heavy atom. The van der Waals surface area contributed by atoms with E-state index < -0.39 is 0 Å². The zero-order valence-electron chi connectivity index (χ0n) is 12.3. The van der Waals surface area contributed by atoms with Crippen LogP contribution in [0.2, 0.25) is 5.02 Å². The number of hydrogen-bond donors (Lipinski definition) is 1. The van der Waals surface area contributed by atoms with Crippen LogP contribution in [-0.2, 0) is 4.74 Å². The summed E-state index contributed by atoms with van der Waals surface area (Å²) >= 11 is 6.26. The Bertz CT molecular complexity index is 448. The van der Waals surface area contributed by atoms with Crippen LogP contribution in [0, 0.1) is 12.3 Å². The number of anilines is 1. The molecule has 0 aromatic heterocycles. The number of benzene rings is 1. The van der Waals surface area contributed by atoms with Crippen molar-refractivity contribution in [2.75, 3.05) is 11.9 Å². The van der Waals surface area contributed by atoms with Crippen molar-refractivity contribution in [2.45, 2.75) is 52.7 Å². The summed E-state index contributed by atoms with van der Waals surface area (Å²) in [4.78, 5) is 0. The third-order valence-corrected chi connectivity index (χ3v) is 4.89. The summed E-state index contributed by atoms with van der Waals surface area (Å²) in [5, 5.41) is 4.40. The summed E-state index contributed by atoms with van der Waals surface area (Å²) in [6.45, 7) is 9.48. The van der Waals surface area contributed by atoms with Gasteiger partial charge in [0.2, 0.25) is 0 Å². The van der Waals surface area contributed by atoms with Crippen LogP contribution in [0.1, 0.15) is 39.2 Å². The molecule has 0 amide bonds. The second-order valence-electron chi connectivity index (χ2n) is 5.72. The fraction of sp³-hybridized carbons (Fsp3) is 0.625. The van der Waals surface area contributed by atoms with E-state index in [0.717, 1.165) is 30.2 Å². The topological polar surface area (TPSA) is 21.3 Å². The molecule has 0 spiro atoms. The lowest BCUT2D eigenvalue weighted by atomic mass is 9.61. The fourth-order valence-corrected chi connectivity index (χ4v) is 3.08. The molecule has 0 heterocycles. The maximum atomic E-state index is 6.26. The van der Waals surface area contributed by atoms with E-state index in [9.17, 15) is 0 Å². The first-order chi connectivity index (χ1) is 9.01. The number of nitrogens with one attached hydrogen (secondary N) is 1. The van der Waals surface area contributed by atoms with E-state index in [4.69, 9.17) is 16.3 Å². The number of halogens is 1. The Morgan fingerprint density at radius 3 is 2.79 bits per heavy atom. The quantitative estimate of drug-likeness (QED) is 0.848. The van der Waals surface area contributed by atoms with Crippen molar-refractivity contribution < 1.29 is 4.74 Å². The maximum Gasteiger partial charge on any atom is 0.0667 e. The van der Waals surface area contributed by atoms with Crippen LogP contribution in [-0.4, -0.2) is 18.8 Å². The highest BCUT2D eigenvalue weighted by Gasteiger charge is 2.51. The van der Waals surface area contributed by atoms with Gasteiger partial charge in [0.05, 0.1) is 16.8 Å². The summed E-state index contributed by atoms with van der Waals surface area (Å²) in [5.41, 5.74) is 2.47. The van der Waals surface area contributed by atoms with Gasteiger partial charge in [-0.15, -0.1) is 0 Å². The Balaban J connectivity index is 2.10. The Labute approximate surface area is 121 Å². The number of rotatable bonds is 5. The van der Waals surface area contributed by atoms with Crippen LogP contribution in [0.15, 0.2) is 18.2 Å². The van der Waals surface area contributed by atoms with Gasteiger partial charge in [-0.05, 0) is 44.4 Å². The van der Waals surface area contributed by atoms with Crippen LogP contribution in [0.4, 0.5) is 5.69 Å². The molecule has 0 saturated heterocycles. The van der Waals surface area contributed by atoms with E-state index >= 15 is 0 Å². The highest BCUT2D eigenvalue weighted by Crippen LogP contribution is 2.47. The molecule has 0 aliphatic heterocycles. The van der Waals surface area contributed by atoms with Gasteiger partial charge in [0, 0.05) is 18.1 Å². The highest BCUT2D eigenvalue weighted by atomic mass is 35.5. The number of hydrogen-bond acceptors (Lipinski definition) is 2. The summed E-state index contributed by atoms with van der Waals surface area (Å²) in [7, 11) is 0. The van der Waals surface area contributed by atoms with E-state index in [1.807, 2.05) is 12.1 Å². The molecule has 1 aromatic rings. The minimum Gasteiger partial charge on any atom is -0.380 e. The lowest BCUT2D eigenvalue weighted by molar-refractivity contribution is -0.109. The number of ether oxygens (including phenoxy) is 1. The van der Waals surface area contributed by atoms with Crippen LogP contribution in [0.5, 0.6) is 0 Å². The standard InChI is InChI=1S/C16H24ClNO/c1-5-16(4)14(10-15(16)19-6-2)18-13-9-11(3)7-8-12(13)17/h7-9,14-15,18H,5-6,10H2,1-4H3. The van der Waals surface area contributed by atoms with Crippen molar-refractivity contribution in [3.8, 4) is 0 Å². The smallest absolute Gasteiger partial charge is 0.0667 e. The molecule has 0 radical (unpaired) electrons. The summed E-state index contributed by atoms with van der Waals surface area (Å²) in [5.74, 6) is 0. The van der Waals surface area contributed by atoms with Gasteiger partial charge in [-0.1, -0.05) is 31.5 Å². The molecule has 3 unspecified atom stereocenters. The Morgan fingerprint density at radius 2 is 2.16 bits per heavy atom. The first-order valence-electron chi connectivity index (χ1n) is 7.15. The Hall–Kier alpha value is -0.730. The van der Waals surface area contributed by atoms with Gasteiger partial charge in [-0.3, -0.25) is 0 Å². The normalized spacial score (nSPS) is 29.9.